The van der Waals surface area contributed by atoms with Crippen molar-refractivity contribution in [3.63, 3.8) is 0 Å². The summed E-state index contributed by atoms with van der Waals surface area (Å²) in [5, 5.41) is 4.10. The molecule has 1 heterocycles. The highest BCUT2D eigenvalue weighted by atomic mass is 32.2. The second-order valence-electron chi connectivity index (χ2n) is 7.80. The van der Waals surface area contributed by atoms with E-state index in [-0.39, 0.29) is 23.1 Å². The summed E-state index contributed by atoms with van der Waals surface area (Å²) in [7, 11) is 0. The van der Waals surface area contributed by atoms with Crippen molar-refractivity contribution in [3.8, 4) is 5.69 Å². The van der Waals surface area contributed by atoms with E-state index in [0.29, 0.717) is 22.0 Å². The smallest absolute Gasteiger partial charge is 0.266 e. The molecule has 4 rings (SSSR count). The fraction of sp³-hybridized carbons (Fsp3) is 0.348. The lowest BCUT2D eigenvalue weighted by Gasteiger charge is -2.18. The molecular formula is C23H25N3O2S. The van der Waals surface area contributed by atoms with E-state index in [1.54, 1.807) is 10.6 Å². The highest BCUT2D eigenvalue weighted by molar-refractivity contribution is 7.99. The van der Waals surface area contributed by atoms with Gasteiger partial charge < -0.3 is 5.32 Å². The summed E-state index contributed by atoms with van der Waals surface area (Å²) in [4.78, 5) is 30.4. The Bertz CT molecular complexity index is 1100. The summed E-state index contributed by atoms with van der Waals surface area (Å²) in [6.07, 6.45) is 2.40. The van der Waals surface area contributed by atoms with E-state index in [9.17, 15) is 9.59 Å². The minimum absolute atomic E-state index is 0.0204. The van der Waals surface area contributed by atoms with Crippen LogP contribution >= 0.6 is 11.8 Å². The van der Waals surface area contributed by atoms with Gasteiger partial charge in [-0.25, -0.2) is 4.98 Å². The van der Waals surface area contributed by atoms with Gasteiger partial charge in [0.25, 0.3) is 5.56 Å². The first-order valence-electron chi connectivity index (χ1n) is 10.0. The fourth-order valence-corrected chi connectivity index (χ4v) is 4.20. The molecule has 2 aromatic carbocycles. The first-order valence-corrected chi connectivity index (χ1v) is 11.0. The Morgan fingerprint density at radius 3 is 2.66 bits per heavy atom. The first-order chi connectivity index (χ1) is 14.0. The molecule has 1 fully saturated rings. The van der Waals surface area contributed by atoms with Gasteiger partial charge in [0.05, 0.1) is 22.3 Å². The lowest BCUT2D eigenvalue weighted by atomic mass is 10.0. The van der Waals surface area contributed by atoms with Crippen molar-refractivity contribution >= 4 is 28.6 Å². The van der Waals surface area contributed by atoms with E-state index >= 15 is 0 Å². The Balaban J connectivity index is 1.75. The number of aromatic nitrogens is 2. The number of thioether (sulfide) groups is 1. The van der Waals surface area contributed by atoms with Gasteiger partial charge in [-0.3, -0.25) is 14.2 Å². The van der Waals surface area contributed by atoms with E-state index in [1.807, 2.05) is 42.5 Å². The van der Waals surface area contributed by atoms with Crippen LogP contribution in [0.1, 0.15) is 38.2 Å². The minimum atomic E-state index is -0.107. The molecule has 1 N–H and O–H groups in total. The highest BCUT2D eigenvalue weighted by Crippen LogP contribution is 2.28. The Labute approximate surface area is 174 Å². The van der Waals surface area contributed by atoms with Gasteiger partial charge in [0.2, 0.25) is 5.91 Å². The number of para-hydroxylation sites is 2. The van der Waals surface area contributed by atoms with Crippen LogP contribution in [0.2, 0.25) is 0 Å². The molecule has 3 aromatic rings. The van der Waals surface area contributed by atoms with Gasteiger partial charge in [0.1, 0.15) is 0 Å². The maximum atomic E-state index is 13.4. The van der Waals surface area contributed by atoms with Crippen LogP contribution in [0.4, 0.5) is 0 Å². The Hall–Kier alpha value is -2.60. The number of rotatable bonds is 7. The van der Waals surface area contributed by atoms with Crippen molar-refractivity contribution in [2.75, 3.05) is 12.3 Å². The molecule has 1 aliphatic carbocycles. The molecule has 0 unspecified atom stereocenters. The number of nitrogens with one attached hydrogen (secondary N) is 1. The molecule has 0 aliphatic heterocycles. The lowest BCUT2D eigenvalue weighted by molar-refractivity contribution is -0.118. The summed E-state index contributed by atoms with van der Waals surface area (Å²) in [6, 6.07) is 15.3. The van der Waals surface area contributed by atoms with Gasteiger partial charge in [-0.15, -0.1) is 0 Å². The molecule has 0 radical (unpaired) electrons. The van der Waals surface area contributed by atoms with E-state index in [1.165, 1.54) is 24.6 Å². The summed E-state index contributed by atoms with van der Waals surface area (Å²) in [5.41, 5.74) is 2.44. The molecule has 0 atom stereocenters. The maximum Gasteiger partial charge on any atom is 0.266 e. The van der Waals surface area contributed by atoms with Crippen molar-refractivity contribution in [1.82, 2.24) is 14.9 Å². The van der Waals surface area contributed by atoms with Gasteiger partial charge in [-0.1, -0.05) is 55.9 Å². The number of hydrogen-bond donors (Lipinski definition) is 1. The van der Waals surface area contributed by atoms with E-state index < -0.39 is 0 Å². The molecule has 29 heavy (non-hydrogen) atoms. The van der Waals surface area contributed by atoms with Crippen molar-refractivity contribution in [1.29, 1.82) is 0 Å². The second kappa shape index (κ2) is 8.41. The number of fused-ring (bicyclic) bond motifs is 1. The molecular weight excluding hydrogens is 382 g/mol. The standard InChI is InChI=1S/C23H25N3O2S/c1-15(2)17-7-4-6-10-20(17)26-22(28)18-8-3-5-9-19(18)25-23(26)29-14-21(27)24-13-16-11-12-16/h3-10,15-16H,11-14H2,1-2H3,(H,24,27). The van der Waals surface area contributed by atoms with Crippen molar-refractivity contribution in [3.05, 3.63) is 64.4 Å². The van der Waals surface area contributed by atoms with Crippen LogP contribution in [0.15, 0.2) is 58.5 Å². The topological polar surface area (TPSA) is 64.0 Å². The van der Waals surface area contributed by atoms with E-state index in [2.05, 4.69) is 19.2 Å². The third-order valence-electron chi connectivity index (χ3n) is 5.16. The number of carbonyl (C=O) groups is 1. The molecule has 0 saturated heterocycles. The maximum absolute atomic E-state index is 13.4. The molecule has 150 valence electrons. The van der Waals surface area contributed by atoms with Gasteiger partial charge in [0.15, 0.2) is 5.16 Å². The van der Waals surface area contributed by atoms with Crippen molar-refractivity contribution in [2.45, 2.75) is 37.8 Å². The molecule has 1 saturated carbocycles. The third kappa shape index (κ3) is 4.37. The quantitative estimate of drug-likeness (QED) is 0.473. The first kappa shape index (κ1) is 19.7. The number of amides is 1. The van der Waals surface area contributed by atoms with Crippen LogP contribution in [0.3, 0.4) is 0 Å². The molecule has 0 bridgehead atoms. The molecule has 1 aromatic heterocycles. The lowest BCUT2D eigenvalue weighted by Crippen LogP contribution is -2.28. The van der Waals surface area contributed by atoms with Gasteiger partial charge in [0, 0.05) is 6.54 Å². The fourth-order valence-electron chi connectivity index (χ4n) is 3.36. The zero-order valence-electron chi connectivity index (χ0n) is 16.7. The van der Waals surface area contributed by atoms with E-state index in [0.717, 1.165) is 17.8 Å². The highest BCUT2D eigenvalue weighted by Gasteiger charge is 2.22. The SMILES string of the molecule is CC(C)c1ccccc1-n1c(SCC(=O)NCC2CC2)nc2ccccc2c1=O. The van der Waals surface area contributed by atoms with E-state index in [4.69, 9.17) is 4.98 Å². The van der Waals surface area contributed by atoms with Gasteiger partial charge >= 0.3 is 0 Å². The Kier molecular flexibility index (Phi) is 5.72. The number of benzene rings is 2. The zero-order valence-corrected chi connectivity index (χ0v) is 17.5. The van der Waals surface area contributed by atoms with Crippen LogP contribution in [0.25, 0.3) is 16.6 Å². The van der Waals surface area contributed by atoms with Crippen LogP contribution in [0.5, 0.6) is 0 Å². The second-order valence-corrected chi connectivity index (χ2v) is 8.74. The zero-order chi connectivity index (χ0) is 20.4. The van der Waals surface area contributed by atoms with Crippen LogP contribution in [-0.2, 0) is 4.79 Å². The number of carbonyl (C=O) groups excluding carboxylic acids is 1. The summed E-state index contributed by atoms with van der Waals surface area (Å²) >= 11 is 1.31. The molecule has 5 nitrogen and oxygen atoms in total. The average molecular weight is 408 g/mol. The van der Waals surface area contributed by atoms with Gasteiger partial charge in [-0.2, -0.15) is 0 Å². The molecule has 1 aliphatic rings. The summed E-state index contributed by atoms with van der Waals surface area (Å²) in [5.74, 6) is 1.11. The van der Waals surface area contributed by atoms with Crippen molar-refractivity contribution in [2.24, 2.45) is 5.92 Å². The monoisotopic (exact) mass is 407 g/mol. The predicted molar refractivity (Wildman–Crippen MR) is 118 cm³/mol. The Morgan fingerprint density at radius 2 is 1.90 bits per heavy atom. The molecule has 6 heteroatoms. The Morgan fingerprint density at radius 1 is 1.17 bits per heavy atom. The average Bonchev–Trinajstić information content (AvgIpc) is 3.55. The normalized spacial score (nSPS) is 13.8. The minimum Gasteiger partial charge on any atom is -0.355 e. The summed E-state index contributed by atoms with van der Waals surface area (Å²) < 4.78 is 1.66. The van der Waals surface area contributed by atoms with Crippen LogP contribution < -0.4 is 10.9 Å². The van der Waals surface area contributed by atoms with Crippen molar-refractivity contribution < 1.29 is 4.79 Å². The van der Waals surface area contributed by atoms with Gasteiger partial charge in [-0.05, 0) is 48.4 Å². The third-order valence-corrected chi connectivity index (χ3v) is 6.10. The molecule has 1 amide bonds. The predicted octanol–water partition coefficient (Wildman–Crippen LogP) is 4.13. The molecule has 0 spiro atoms. The van der Waals surface area contributed by atoms with Crippen LogP contribution in [-0.4, -0.2) is 27.8 Å². The largest absolute Gasteiger partial charge is 0.355 e. The summed E-state index contributed by atoms with van der Waals surface area (Å²) in [6.45, 7) is 4.96. The number of nitrogens with zero attached hydrogens (tertiary/aromatic N) is 2. The van der Waals surface area contributed by atoms with Crippen LogP contribution in [0, 0.1) is 5.92 Å². The number of hydrogen-bond acceptors (Lipinski definition) is 4.